The Morgan fingerprint density at radius 3 is 2.83 bits per heavy atom. The molecule has 3 aliphatic rings. The monoisotopic (exact) mass is 574 g/mol. The molecule has 4 bridgehead atoms. The molecule has 2 amide bonds. The van der Waals surface area contributed by atoms with Crippen molar-refractivity contribution < 1.29 is 23.8 Å². The summed E-state index contributed by atoms with van der Waals surface area (Å²) in [4.78, 5) is 32.9. The van der Waals surface area contributed by atoms with Crippen LogP contribution in [0.3, 0.4) is 0 Å². The van der Waals surface area contributed by atoms with E-state index in [4.69, 9.17) is 14.2 Å². The number of aromatic amines is 1. The van der Waals surface area contributed by atoms with Gasteiger partial charge in [-0.1, -0.05) is 19.1 Å². The lowest BCUT2D eigenvalue weighted by Gasteiger charge is -2.38. The maximum atomic E-state index is 13.1. The molecule has 2 fully saturated rings. The molecular weight excluding hydrogens is 536 g/mol. The van der Waals surface area contributed by atoms with E-state index in [1.807, 2.05) is 37.3 Å². The van der Waals surface area contributed by atoms with Gasteiger partial charge in [-0.2, -0.15) is 5.10 Å². The zero-order valence-corrected chi connectivity index (χ0v) is 23.9. The second kappa shape index (κ2) is 12.9. The number of aromatic nitrogens is 3. The number of rotatable bonds is 6. The van der Waals surface area contributed by atoms with Gasteiger partial charge in [0.15, 0.2) is 0 Å². The summed E-state index contributed by atoms with van der Waals surface area (Å²) in [6.07, 6.45) is 3.85. The minimum absolute atomic E-state index is 0.138. The summed E-state index contributed by atoms with van der Waals surface area (Å²) in [6.45, 7) is 5.26. The van der Waals surface area contributed by atoms with Crippen LogP contribution in [0.2, 0.25) is 0 Å². The van der Waals surface area contributed by atoms with Gasteiger partial charge < -0.3 is 24.8 Å². The number of nitrogens with zero attached hydrogens (tertiary/aromatic N) is 3. The number of amides is 2. The van der Waals surface area contributed by atoms with Gasteiger partial charge in [-0.3, -0.25) is 19.6 Å². The van der Waals surface area contributed by atoms with Crippen LogP contribution in [0.1, 0.15) is 60.2 Å². The molecule has 2 aliphatic heterocycles. The fourth-order valence-electron chi connectivity index (χ4n) is 5.31. The fraction of sp³-hybridized carbons (Fsp3) is 0.484. The molecule has 11 nitrogen and oxygen atoms in total. The lowest BCUT2D eigenvalue weighted by molar-refractivity contribution is -0.124. The van der Waals surface area contributed by atoms with Gasteiger partial charge in [0.2, 0.25) is 5.91 Å². The van der Waals surface area contributed by atoms with Crippen molar-refractivity contribution in [3.8, 4) is 17.2 Å². The van der Waals surface area contributed by atoms with E-state index in [-0.39, 0.29) is 36.9 Å². The molecule has 1 saturated heterocycles. The summed E-state index contributed by atoms with van der Waals surface area (Å²) in [5.41, 5.74) is 1.38. The van der Waals surface area contributed by atoms with E-state index in [9.17, 15) is 9.59 Å². The number of benzene rings is 2. The van der Waals surface area contributed by atoms with E-state index in [0.29, 0.717) is 55.0 Å². The van der Waals surface area contributed by atoms with Crippen LogP contribution in [0.25, 0.3) is 0 Å². The zero-order chi connectivity index (χ0) is 28.9. The van der Waals surface area contributed by atoms with Crippen molar-refractivity contribution in [1.29, 1.82) is 0 Å². The molecule has 0 unspecified atom stereocenters. The molecule has 6 rings (SSSR count). The molecule has 42 heavy (non-hydrogen) atoms. The third-order valence-corrected chi connectivity index (χ3v) is 7.81. The van der Waals surface area contributed by atoms with Crippen LogP contribution < -0.4 is 20.1 Å². The van der Waals surface area contributed by atoms with E-state index >= 15 is 0 Å². The first-order valence-corrected chi connectivity index (χ1v) is 14.9. The predicted molar refractivity (Wildman–Crippen MR) is 154 cm³/mol. The highest BCUT2D eigenvalue weighted by atomic mass is 16.5. The van der Waals surface area contributed by atoms with Crippen molar-refractivity contribution in [2.24, 2.45) is 5.92 Å². The van der Waals surface area contributed by atoms with E-state index in [1.165, 1.54) is 12.8 Å². The number of piperidine rings is 1. The van der Waals surface area contributed by atoms with Gasteiger partial charge in [-0.15, -0.1) is 0 Å². The van der Waals surface area contributed by atoms with Gasteiger partial charge in [-0.05, 0) is 55.0 Å². The molecule has 3 aromatic rings. The van der Waals surface area contributed by atoms with Crippen molar-refractivity contribution in [2.45, 2.75) is 64.3 Å². The molecule has 222 valence electrons. The average Bonchev–Trinajstić information content (AvgIpc) is 3.71. The Balaban J connectivity index is 1.19. The second-order valence-electron chi connectivity index (χ2n) is 11.3. The first kappa shape index (κ1) is 28.2. The fourth-order valence-corrected chi connectivity index (χ4v) is 5.31. The third-order valence-electron chi connectivity index (χ3n) is 7.81. The zero-order valence-electron chi connectivity index (χ0n) is 23.9. The van der Waals surface area contributed by atoms with Crippen LogP contribution in [0.4, 0.5) is 0 Å². The lowest BCUT2D eigenvalue weighted by atomic mass is 10.0. The van der Waals surface area contributed by atoms with Crippen LogP contribution in [-0.2, 0) is 29.1 Å². The van der Waals surface area contributed by atoms with Crippen molar-refractivity contribution >= 4 is 11.8 Å². The number of carbonyl (C=O) groups is 2. The molecule has 2 atom stereocenters. The van der Waals surface area contributed by atoms with E-state index in [1.54, 1.807) is 12.1 Å². The molecule has 3 N–H and O–H groups in total. The Morgan fingerprint density at radius 1 is 1.10 bits per heavy atom. The molecule has 11 heteroatoms. The van der Waals surface area contributed by atoms with Crippen LogP contribution in [0.5, 0.6) is 17.2 Å². The van der Waals surface area contributed by atoms with E-state index < -0.39 is 0 Å². The molecule has 3 heterocycles. The van der Waals surface area contributed by atoms with Crippen LogP contribution in [0.15, 0.2) is 42.5 Å². The molecule has 1 aromatic heterocycles. The van der Waals surface area contributed by atoms with Gasteiger partial charge in [0.1, 0.15) is 28.9 Å². The number of carbonyl (C=O) groups excluding carboxylic acids is 2. The molecule has 2 aromatic carbocycles. The largest absolute Gasteiger partial charge is 0.493 e. The second-order valence-corrected chi connectivity index (χ2v) is 11.3. The van der Waals surface area contributed by atoms with Gasteiger partial charge in [0.05, 0.1) is 31.9 Å². The standard InChI is InChI=1S/C31H38N6O5/c1-2-28-34-29(36-35-28)17-37-11-9-27-26(16-37)33-30(38)8-10-32-31(39)22-13-24(40-18-20-6-7-20)15-25(14-22)42-23-5-3-4-21(12-23)19-41-27/h3-5,12-15,20,26-27H,2,6-11,16-19H2,1H3,(H,32,39)(H,33,38)(H,34,35,36)/t26-,27+/m0/s1. The summed E-state index contributed by atoms with van der Waals surface area (Å²) in [6, 6.07) is 12.7. The van der Waals surface area contributed by atoms with E-state index in [2.05, 4.69) is 30.7 Å². The highest BCUT2D eigenvalue weighted by Gasteiger charge is 2.32. The Morgan fingerprint density at radius 2 is 2.00 bits per heavy atom. The smallest absolute Gasteiger partial charge is 0.251 e. The first-order valence-electron chi connectivity index (χ1n) is 14.9. The summed E-state index contributed by atoms with van der Waals surface area (Å²) < 4.78 is 18.6. The summed E-state index contributed by atoms with van der Waals surface area (Å²) >= 11 is 0. The minimum Gasteiger partial charge on any atom is -0.493 e. The number of hydrogen-bond donors (Lipinski definition) is 3. The van der Waals surface area contributed by atoms with Crippen molar-refractivity contribution in [1.82, 2.24) is 30.7 Å². The van der Waals surface area contributed by atoms with Gasteiger partial charge >= 0.3 is 0 Å². The van der Waals surface area contributed by atoms with Crippen molar-refractivity contribution in [3.05, 3.63) is 65.2 Å². The summed E-state index contributed by atoms with van der Waals surface area (Å²) in [5, 5.41) is 13.3. The van der Waals surface area contributed by atoms with Crippen molar-refractivity contribution in [2.75, 3.05) is 26.2 Å². The molecular formula is C31H38N6O5. The Labute approximate surface area is 245 Å². The Hall–Kier alpha value is -3.96. The molecule has 1 saturated carbocycles. The SMILES string of the molecule is CCc1n[nH]c(CN2CC[C@H]3OCc4cccc(c4)Oc4cc(OCC5CC5)cc(c4)C(=O)NCCC(=O)N[C@H]3C2)n1. The topological polar surface area (TPSA) is 131 Å². The Bertz CT molecular complexity index is 1410. The third kappa shape index (κ3) is 7.46. The van der Waals surface area contributed by atoms with E-state index in [0.717, 1.165) is 36.6 Å². The predicted octanol–water partition coefficient (Wildman–Crippen LogP) is 3.36. The molecule has 0 spiro atoms. The van der Waals surface area contributed by atoms with Gasteiger partial charge in [0, 0.05) is 44.1 Å². The maximum Gasteiger partial charge on any atom is 0.251 e. The highest BCUT2D eigenvalue weighted by Crippen LogP contribution is 2.32. The number of fused-ring (bicyclic) bond motifs is 5. The number of likely N-dealkylation sites (tertiary alicyclic amines) is 1. The van der Waals surface area contributed by atoms with Crippen LogP contribution in [-0.4, -0.2) is 70.3 Å². The normalized spacial score (nSPS) is 21.8. The van der Waals surface area contributed by atoms with Crippen LogP contribution in [0, 0.1) is 5.92 Å². The number of hydrogen-bond acceptors (Lipinski definition) is 8. The minimum atomic E-state index is -0.286. The van der Waals surface area contributed by atoms with Gasteiger partial charge in [0.25, 0.3) is 5.91 Å². The maximum absolute atomic E-state index is 13.1. The lowest BCUT2D eigenvalue weighted by Crippen LogP contribution is -2.56. The quantitative estimate of drug-likeness (QED) is 0.409. The average molecular weight is 575 g/mol. The molecule has 1 aliphatic carbocycles. The highest BCUT2D eigenvalue weighted by molar-refractivity contribution is 5.95. The summed E-state index contributed by atoms with van der Waals surface area (Å²) in [5.74, 6) is 3.49. The first-order chi connectivity index (χ1) is 20.5. The molecule has 0 radical (unpaired) electrons. The van der Waals surface area contributed by atoms with Crippen molar-refractivity contribution in [3.63, 3.8) is 0 Å². The van der Waals surface area contributed by atoms with Gasteiger partial charge in [-0.25, -0.2) is 4.98 Å². The van der Waals surface area contributed by atoms with Crippen LogP contribution >= 0.6 is 0 Å². The Kier molecular flexibility index (Phi) is 8.66. The number of aryl methyl sites for hydroxylation is 1. The summed E-state index contributed by atoms with van der Waals surface area (Å²) in [7, 11) is 0. The number of ether oxygens (including phenoxy) is 3. The number of nitrogens with one attached hydrogen (secondary N) is 3. The number of H-pyrrole nitrogens is 1.